The molecule has 0 saturated heterocycles. The molecule has 4 aromatic rings. The van der Waals surface area contributed by atoms with Crippen LogP contribution in [0.4, 0.5) is 0 Å². The minimum Gasteiger partial charge on any atom is -0.493 e. The zero-order valence-corrected chi connectivity index (χ0v) is 20.7. The van der Waals surface area contributed by atoms with Gasteiger partial charge < -0.3 is 14.2 Å². The van der Waals surface area contributed by atoms with Crippen LogP contribution in [0, 0.1) is 0 Å². The number of pyridine rings is 1. The fourth-order valence-corrected chi connectivity index (χ4v) is 4.17. The minimum absolute atomic E-state index is 0.0850. The van der Waals surface area contributed by atoms with Crippen LogP contribution in [0.2, 0.25) is 0 Å². The number of benzene rings is 2. The van der Waals surface area contributed by atoms with E-state index in [4.69, 9.17) is 14.2 Å². The molecule has 0 fully saturated rings. The van der Waals surface area contributed by atoms with E-state index in [1.54, 1.807) is 31.6 Å². The van der Waals surface area contributed by atoms with E-state index in [9.17, 15) is 4.79 Å². The number of ether oxygens (including phenoxy) is 3. The lowest BCUT2D eigenvalue weighted by atomic mass is 10.2. The van der Waals surface area contributed by atoms with Gasteiger partial charge in [-0.15, -0.1) is 10.2 Å². The van der Waals surface area contributed by atoms with Crippen molar-refractivity contribution in [3.05, 3.63) is 72.6 Å². The molecule has 2 aromatic heterocycles. The molecule has 0 radical (unpaired) electrons. The molecule has 36 heavy (non-hydrogen) atoms. The Morgan fingerprint density at radius 2 is 1.72 bits per heavy atom. The first kappa shape index (κ1) is 24.7. The summed E-state index contributed by atoms with van der Waals surface area (Å²) < 4.78 is 18.0. The summed E-state index contributed by atoms with van der Waals surface area (Å²) in [5, 5.41) is 13.3. The van der Waals surface area contributed by atoms with Gasteiger partial charge in [-0.1, -0.05) is 30.0 Å². The summed E-state index contributed by atoms with van der Waals surface area (Å²) in [4.78, 5) is 16.6. The van der Waals surface area contributed by atoms with Crippen molar-refractivity contribution >= 4 is 23.9 Å². The highest BCUT2D eigenvalue weighted by Gasteiger charge is 2.17. The van der Waals surface area contributed by atoms with E-state index < -0.39 is 0 Å². The number of amides is 1. The van der Waals surface area contributed by atoms with Gasteiger partial charge >= 0.3 is 0 Å². The van der Waals surface area contributed by atoms with Crippen LogP contribution >= 0.6 is 11.8 Å². The molecular formula is C25H24N6O4S. The third kappa shape index (κ3) is 5.47. The van der Waals surface area contributed by atoms with Crippen molar-refractivity contribution in [2.45, 2.75) is 5.16 Å². The van der Waals surface area contributed by atoms with Crippen molar-refractivity contribution in [2.75, 3.05) is 27.1 Å². The molecule has 4 rings (SSSR count). The van der Waals surface area contributed by atoms with Gasteiger partial charge in [-0.05, 0) is 36.4 Å². The zero-order chi connectivity index (χ0) is 25.3. The number of rotatable bonds is 10. The summed E-state index contributed by atoms with van der Waals surface area (Å²) in [7, 11) is 4.59. The first-order valence-corrected chi connectivity index (χ1v) is 11.8. The van der Waals surface area contributed by atoms with Gasteiger partial charge in [-0.2, -0.15) is 5.10 Å². The maximum atomic E-state index is 12.5. The number of carbonyl (C=O) groups is 1. The third-order valence-corrected chi connectivity index (χ3v) is 5.98. The van der Waals surface area contributed by atoms with Crippen LogP contribution in [0.3, 0.4) is 0 Å². The van der Waals surface area contributed by atoms with E-state index in [0.29, 0.717) is 33.8 Å². The summed E-state index contributed by atoms with van der Waals surface area (Å²) in [5.74, 6) is 1.86. The number of thioether (sulfide) groups is 1. The molecule has 0 atom stereocenters. The molecule has 11 heteroatoms. The second-order valence-corrected chi connectivity index (χ2v) is 8.16. The van der Waals surface area contributed by atoms with Gasteiger partial charge in [0.1, 0.15) is 0 Å². The Balaban J connectivity index is 1.48. The lowest BCUT2D eigenvalue weighted by Gasteiger charge is -2.13. The Hall–Kier alpha value is -4.38. The quantitative estimate of drug-likeness (QED) is 0.198. The number of hydrogen-bond acceptors (Lipinski definition) is 9. The highest BCUT2D eigenvalue weighted by Crippen LogP contribution is 2.39. The number of methoxy groups -OCH3 is 3. The van der Waals surface area contributed by atoms with Crippen LogP contribution < -0.4 is 19.6 Å². The van der Waals surface area contributed by atoms with Crippen LogP contribution in [0.25, 0.3) is 17.1 Å². The second-order valence-electron chi connectivity index (χ2n) is 7.22. The van der Waals surface area contributed by atoms with E-state index in [2.05, 4.69) is 25.7 Å². The van der Waals surface area contributed by atoms with Crippen molar-refractivity contribution in [2.24, 2.45) is 5.10 Å². The average Bonchev–Trinajstić information content (AvgIpc) is 3.36. The second kappa shape index (κ2) is 11.8. The Kier molecular flexibility index (Phi) is 8.14. The van der Waals surface area contributed by atoms with Crippen LogP contribution in [0.15, 0.2) is 77.2 Å². The van der Waals surface area contributed by atoms with Gasteiger partial charge in [0.05, 0.1) is 33.3 Å². The lowest BCUT2D eigenvalue weighted by molar-refractivity contribution is -0.118. The number of hydrogen-bond donors (Lipinski definition) is 1. The lowest BCUT2D eigenvalue weighted by Crippen LogP contribution is -2.20. The largest absolute Gasteiger partial charge is 0.493 e. The Morgan fingerprint density at radius 1 is 0.972 bits per heavy atom. The summed E-state index contributed by atoms with van der Waals surface area (Å²) in [6.07, 6.45) is 4.88. The molecule has 2 aromatic carbocycles. The molecule has 0 spiro atoms. The molecule has 0 saturated carbocycles. The van der Waals surface area contributed by atoms with Gasteiger partial charge in [-0.3, -0.25) is 14.3 Å². The van der Waals surface area contributed by atoms with Crippen LogP contribution in [-0.2, 0) is 4.79 Å². The number of carbonyl (C=O) groups excluding carboxylic acids is 1. The van der Waals surface area contributed by atoms with E-state index in [1.807, 2.05) is 47.0 Å². The van der Waals surface area contributed by atoms with Crippen LogP contribution in [0.5, 0.6) is 17.2 Å². The molecule has 2 heterocycles. The molecule has 184 valence electrons. The first-order chi connectivity index (χ1) is 17.7. The van der Waals surface area contributed by atoms with Crippen molar-refractivity contribution < 1.29 is 19.0 Å². The first-order valence-electron chi connectivity index (χ1n) is 10.8. The number of nitrogens with one attached hydrogen (secondary N) is 1. The van der Waals surface area contributed by atoms with Gasteiger partial charge in [0, 0.05) is 29.2 Å². The van der Waals surface area contributed by atoms with Gasteiger partial charge in [0.2, 0.25) is 5.75 Å². The molecule has 10 nitrogen and oxygen atoms in total. The number of hydrazone groups is 1. The summed E-state index contributed by atoms with van der Waals surface area (Å²) >= 11 is 1.26. The van der Waals surface area contributed by atoms with Crippen molar-refractivity contribution in [3.8, 4) is 34.3 Å². The molecule has 0 aliphatic heterocycles. The van der Waals surface area contributed by atoms with Crippen molar-refractivity contribution in [1.82, 2.24) is 25.2 Å². The fraction of sp³-hybridized carbons (Fsp3) is 0.160. The van der Waals surface area contributed by atoms with Gasteiger partial charge in [0.25, 0.3) is 5.91 Å². The number of nitrogens with zero attached hydrogens (tertiary/aromatic N) is 5. The molecule has 1 N–H and O–H groups in total. The summed E-state index contributed by atoms with van der Waals surface area (Å²) in [6, 6.07) is 16.9. The molecule has 0 bridgehead atoms. The predicted octanol–water partition coefficient (Wildman–Crippen LogP) is 3.60. The SMILES string of the molecule is COc1ccc(C=NNC(=O)CSc2nnc(-c3ccncc3)n2-c2ccccc2)c(OC)c1OC. The number of para-hydroxylation sites is 1. The molecule has 1 amide bonds. The monoisotopic (exact) mass is 504 g/mol. The predicted molar refractivity (Wildman–Crippen MR) is 137 cm³/mol. The van der Waals surface area contributed by atoms with Crippen LogP contribution in [-0.4, -0.2) is 59.0 Å². The topological polar surface area (TPSA) is 113 Å². The normalized spacial score (nSPS) is 10.9. The molecular weight excluding hydrogens is 480 g/mol. The van der Waals surface area contributed by atoms with E-state index in [-0.39, 0.29) is 11.7 Å². The molecule has 0 aliphatic carbocycles. The molecule has 0 aliphatic rings. The standard InChI is InChI=1S/C25H24N6O4S/c1-33-20-10-9-18(22(34-2)23(20)35-3)15-27-28-21(32)16-36-25-30-29-24(17-11-13-26-14-12-17)31(25)19-7-5-4-6-8-19/h4-15H,16H2,1-3H3,(H,28,32). The van der Waals surface area contributed by atoms with Crippen LogP contribution in [0.1, 0.15) is 5.56 Å². The maximum absolute atomic E-state index is 12.5. The van der Waals surface area contributed by atoms with E-state index in [0.717, 1.165) is 11.3 Å². The maximum Gasteiger partial charge on any atom is 0.250 e. The smallest absolute Gasteiger partial charge is 0.250 e. The minimum atomic E-state index is -0.302. The summed E-state index contributed by atoms with van der Waals surface area (Å²) in [5.41, 5.74) is 4.90. The van der Waals surface area contributed by atoms with E-state index >= 15 is 0 Å². The number of aromatic nitrogens is 4. The third-order valence-electron chi connectivity index (χ3n) is 5.05. The Labute approximate surface area is 212 Å². The zero-order valence-electron chi connectivity index (χ0n) is 19.9. The Morgan fingerprint density at radius 3 is 2.42 bits per heavy atom. The van der Waals surface area contributed by atoms with Crippen molar-refractivity contribution in [1.29, 1.82) is 0 Å². The van der Waals surface area contributed by atoms with Crippen molar-refractivity contribution in [3.63, 3.8) is 0 Å². The highest BCUT2D eigenvalue weighted by atomic mass is 32.2. The van der Waals surface area contributed by atoms with Gasteiger partial charge in [0.15, 0.2) is 22.5 Å². The fourth-order valence-electron chi connectivity index (χ4n) is 3.42. The highest BCUT2D eigenvalue weighted by molar-refractivity contribution is 7.99. The van der Waals surface area contributed by atoms with E-state index in [1.165, 1.54) is 32.2 Å². The average molecular weight is 505 g/mol. The Bertz CT molecular complexity index is 1350. The van der Waals surface area contributed by atoms with Gasteiger partial charge in [-0.25, -0.2) is 5.43 Å². The molecule has 0 unspecified atom stereocenters. The summed E-state index contributed by atoms with van der Waals surface area (Å²) in [6.45, 7) is 0.